The maximum absolute atomic E-state index is 5.88. The van der Waals surface area contributed by atoms with Crippen LogP contribution in [-0.2, 0) is 4.74 Å². The van der Waals surface area contributed by atoms with Gasteiger partial charge in [-0.2, -0.15) is 0 Å². The van der Waals surface area contributed by atoms with Crippen molar-refractivity contribution in [2.45, 2.75) is 51.5 Å². The predicted molar refractivity (Wildman–Crippen MR) is 70.3 cm³/mol. The summed E-state index contributed by atoms with van der Waals surface area (Å²) in [4.78, 5) is 2.57. The van der Waals surface area contributed by atoms with Gasteiger partial charge in [0.2, 0.25) is 0 Å². The lowest BCUT2D eigenvalue weighted by Gasteiger charge is -2.33. The van der Waals surface area contributed by atoms with E-state index < -0.39 is 0 Å². The molecule has 0 amide bonds. The molecule has 0 unspecified atom stereocenters. The van der Waals surface area contributed by atoms with Crippen LogP contribution in [0.25, 0.3) is 0 Å². The summed E-state index contributed by atoms with van der Waals surface area (Å²) in [7, 11) is 0. The molecule has 0 aromatic rings. The van der Waals surface area contributed by atoms with Crippen molar-refractivity contribution in [3.05, 3.63) is 0 Å². The molecule has 0 atom stereocenters. The molecule has 2 nitrogen and oxygen atoms in total. The average molecular weight is 248 g/mol. The van der Waals surface area contributed by atoms with E-state index in [-0.39, 0.29) is 0 Å². The first-order valence-electron chi connectivity index (χ1n) is 6.76. The Balaban J connectivity index is 2.22. The first-order valence-corrected chi connectivity index (χ1v) is 7.29. The maximum atomic E-state index is 5.88. The van der Waals surface area contributed by atoms with Gasteiger partial charge in [-0.05, 0) is 26.2 Å². The van der Waals surface area contributed by atoms with Crippen LogP contribution in [0.1, 0.15) is 45.4 Å². The molecule has 1 saturated carbocycles. The fraction of sp³-hybridized carbons (Fsp3) is 1.00. The standard InChI is InChI=1S/C13H26ClNO/c1-2-16-12-6-10-15(11-9-14)13-7-4-3-5-8-13/h13H,2-12H2,1H3. The monoisotopic (exact) mass is 247 g/mol. The van der Waals surface area contributed by atoms with E-state index in [9.17, 15) is 0 Å². The highest BCUT2D eigenvalue weighted by Crippen LogP contribution is 2.22. The molecule has 0 aliphatic heterocycles. The zero-order valence-corrected chi connectivity index (χ0v) is 11.3. The molecule has 96 valence electrons. The molecule has 0 aromatic carbocycles. The van der Waals surface area contributed by atoms with E-state index in [1.165, 1.54) is 32.1 Å². The van der Waals surface area contributed by atoms with Gasteiger partial charge < -0.3 is 4.74 Å². The Hall–Kier alpha value is 0.210. The summed E-state index contributed by atoms with van der Waals surface area (Å²) in [5.74, 6) is 0.755. The van der Waals surface area contributed by atoms with Crippen molar-refractivity contribution in [3.63, 3.8) is 0 Å². The van der Waals surface area contributed by atoms with E-state index in [4.69, 9.17) is 16.3 Å². The van der Waals surface area contributed by atoms with Crippen molar-refractivity contribution < 1.29 is 4.74 Å². The second kappa shape index (κ2) is 9.26. The van der Waals surface area contributed by atoms with E-state index in [0.717, 1.165) is 44.6 Å². The van der Waals surface area contributed by atoms with Gasteiger partial charge in [0, 0.05) is 38.2 Å². The molecule has 1 aliphatic rings. The average Bonchev–Trinajstić information content (AvgIpc) is 2.34. The first kappa shape index (κ1) is 14.3. The molecule has 1 aliphatic carbocycles. The second-order valence-electron chi connectivity index (χ2n) is 4.57. The van der Waals surface area contributed by atoms with Gasteiger partial charge in [0.1, 0.15) is 0 Å². The van der Waals surface area contributed by atoms with Crippen LogP contribution in [0.5, 0.6) is 0 Å². The molecule has 0 N–H and O–H groups in total. The summed E-state index contributed by atoms with van der Waals surface area (Å²) in [5.41, 5.74) is 0. The van der Waals surface area contributed by atoms with Crippen LogP contribution < -0.4 is 0 Å². The van der Waals surface area contributed by atoms with Gasteiger partial charge >= 0.3 is 0 Å². The van der Waals surface area contributed by atoms with Crippen LogP contribution in [0.15, 0.2) is 0 Å². The van der Waals surface area contributed by atoms with Gasteiger partial charge in [-0.15, -0.1) is 11.6 Å². The molecule has 0 saturated heterocycles. The summed E-state index contributed by atoms with van der Waals surface area (Å²) >= 11 is 5.88. The third-order valence-electron chi connectivity index (χ3n) is 3.40. The molecule has 0 spiro atoms. The zero-order chi connectivity index (χ0) is 11.6. The molecular weight excluding hydrogens is 222 g/mol. The molecule has 16 heavy (non-hydrogen) atoms. The van der Waals surface area contributed by atoms with Crippen molar-refractivity contribution in [3.8, 4) is 0 Å². The number of rotatable bonds is 8. The lowest BCUT2D eigenvalue weighted by atomic mass is 9.94. The van der Waals surface area contributed by atoms with E-state index >= 15 is 0 Å². The smallest absolute Gasteiger partial charge is 0.0478 e. The van der Waals surface area contributed by atoms with Crippen LogP contribution in [0.2, 0.25) is 0 Å². The number of ether oxygens (including phenoxy) is 1. The highest BCUT2D eigenvalue weighted by atomic mass is 35.5. The molecule has 0 bridgehead atoms. The van der Waals surface area contributed by atoms with Crippen LogP contribution in [0.4, 0.5) is 0 Å². The molecule has 3 heteroatoms. The normalized spacial score (nSPS) is 18.2. The summed E-state index contributed by atoms with van der Waals surface area (Å²) in [6, 6.07) is 0.786. The van der Waals surface area contributed by atoms with E-state index in [1.807, 2.05) is 0 Å². The molecule has 0 radical (unpaired) electrons. The lowest BCUT2D eigenvalue weighted by molar-refractivity contribution is 0.113. The molecule has 0 aromatic heterocycles. The topological polar surface area (TPSA) is 12.5 Å². The van der Waals surface area contributed by atoms with Gasteiger partial charge in [-0.3, -0.25) is 4.90 Å². The van der Waals surface area contributed by atoms with E-state index in [2.05, 4.69) is 11.8 Å². The third kappa shape index (κ3) is 5.51. The number of hydrogen-bond donors (Lipinski definition) is 0. The highest BCUT2D eigenvalue weighted by molar-refractivity contribution is 6.18. The zero-order valence-electron chi connectivity index (χ0n) is 10.6. The minimum Gasteiger partial charge on any atom is -0.382 e. The van der Waals surface area contributed by atoms with Gasteiger partial charge in [-0.1, -0.05) is 19.3 Å². The fourth-order valence-corrected chi connectivity index (χ4v) is 2.76. The Bertz CT molecular complexity index is 160. The number of halogens is 1. The Kier molecular flexibility index (Phi) is 8.26. The fourth-order valence-electron chi connectivity index (χ4n) is 2.55. The number of nitrogens with zero attached hydrogens (tertiary/aromatic N) is 1. The van der Waals surface area contributed by atoms with E-state index in [0.29, 0.717) is 0 Å². The van der Waals surface area contributed by atoms with Crippen molar-refractivity contribution in [1.82, 2.24) is 4.90 Å². The number of hydrogen-bond acceptors (Lipinski definition) is 2. The van der Waals surface area contributed by atoms with Gasteiger partial charge in [0.05, 0.1) is 0 Å². The largest absolute Gasteiger partial charge is 0.382 e. The van der Waals surface area contributed by atoms with Crippen molar-refractivity contribution in [2.75, 3.05) is 32.2 Å². The summed E-state index contributed by atoms with van der Waals surface area (Å²) < 4.78 is 5.39. The summed E-state index contributed by atoms with van der Waals surface area (Å²) in [5, 5.41) is 0. The first-order chi connectivity index (χ1) is 7.88. The molecule has 1 fully saturated rings. The number of alkyl halides is 1. The van der Waals surface area contributed by atoms with Crippen molar-refractivity contribution in [1.29, 1.82) is 0 Å². The summed E-state index contributed by atoms with van der Waals surface area (Å²) in [6.45, 7) is 5.97. The predicted octanol–water partition coefficient (Wildman–Crippen LogP) is 3.29. The minimum atomic E-state index is 0.755. The van der Waals surface area contributed by atoms with Crippen LogP contribution in [0.3, 0.4) is 0 Å². The highest BCUT2D eigenvalue weighted by Gasteiger charge is 2.19. The Morgan fingerprint density at radius 1 is 1.19 bits per heavy atom. The van der Waals surface area contributed by atoms with Gasteiger partial charge in [0.25, 0.3) is 0 Å². The van der Waals surface area contributed by atoms with Crippen molar-refractivity contribution in [2.24, 2.45) is 0 Å². The Morgan fingerprint density at radius 2 is 1.94 bits per heavy atom. The Labute approximate surface area is 105 Å². The second-order valence-corrected chi connectivity index (χ2v) is 4.95. The molecule has 1 rings (SSSR count). The quantitative estimate of drug-likeness (QED) is 0.482. The minimum absolute atomic E-state index is 0.755. The van der Waals surface area contributed by atoms with Crippen LogP contribution >= 0.6 is 11.6 Å². The van der Waals surface area contributed by atoms with Gasteiger partial charge in [-0.25, -0.2) is 0 Å². The SMILES string of the molecule is CCOCCCN(CCCl)C1CCCCC1. The maximum Gasteiger partial charge on any atom is 0.0478 e. The van der Waals surface area contributed by atoms with E-state index in [1.54, 1.807) is 0 Å². The molecular formula is C13H26ClNO. The lowest BCUT2D eigenvalue weighted by Crippen LogP contribution is -2.39. The van der Waals surface area contributed by atoms with Gasteiger partial charge in [0.15, 0.2) is 0 Å². The molecule has 0 heterocycles. The van der Waals surface area contributed by atoms with Crippen LogP contribution in [0, 0.1) is 0 Å². The summed E-state index contributed by atoms with van der Waals surface area (Å²) in [6.07, 6.45) is 8.09. The third-order valence-corrected chi connectivity index (χ3v) is 3.57. The van der Waals surface area contributed by atoms with Crippen LogP contribution in [-0.4, -0.2) is 43.1 Å². The van der Waals surface area contributed by atoms with Crippen molar-refractivity contribution >= 4 is 11.6 Å². The Morgan fingerprint density at radius 3 is 2.56 bits per heavy atom.